The maximum atomic E-state index is 12.6. The number of nitro benzene ring substituents is 1. The van der Waals surface area contributed by atoms with Gasteiger partial charge in [-0.1, -0.05) is 26.0 Å². The van der Waals surface area contributed by atoms with Crippen LogP contribution in [-0.4, -0.2) is 35.5 Å². The van der Waals surface area contributed by atoms with Gasteiger partial charge in [-0.15, -0.1) is 0 Å². The Labute approximate surface area is 171 Å². The predicted octanol–water partition coefficient (Wildman–Crippen LogP) is 3.14. The molecule has 29 heavy (non-hydrogen) atoms. The molecule has 0 fully saturated rings. The summed E-state index contributed by atoms with van der Waals surface area (Å²) < 4.78 is 41.2. The number of ether oxygens (including phenoxy) is 1. The van der Waals surface area contributed by atoms with Crippen LogP contribution in [0.2, 0.25) is 0 Å². The highest BCUT2D eigenvalue weighted by molar-refractivity contribution is 7.90. The number of esters is 1. The van der Waals surface area contributed by atoms with E-state index in [0.29, 0.717) is 5.75 Å². The third-order valence-electron chi connectivity index (χ3n) is 4.06. The number of aryl methyl sites for hydroxylation is 1. The van der Waals surface area contributed by atoms with Gasteiger partial charge >= 0.3 is 5.97 Å². The van der Waals surface area contributed by atoms with Crippen LogP contribution < -0.4 is 4.74 Å². The lowest BCUT2D eigenvalue weighted by molar-refractivity contribution is -0.388. The second-order valence-electron chi connectivity index (χ2n) is 6.82. The van der Waals surface area contributed by atoms with E-state index in [1.54, 1.807) is 6.07 Å². The second kappa shape index (κ2) is 8.83. The molecule has 0 aliphatic heterocycles. The molecule has 0 unspecified atom stereocenters. The average Bonchev–Trinajstić information content (AvgIpc) is 2.59. The molecular weight excluding hydrogens is 418 g/mol. The Balaban J connectivity index is 2.28. The number of hydrogen-bond donors (Lipinski definition) is 0. The van der Waals surface area contributed by atoms with E-state index in [0.717, 1.165) is 35.6 Å². The molecule has 0 amide bonds. The van der Waals surface area contributed by atoms with Gasteiger partial charge in [-0.3, -0.25) is 19.1 Å². The van der Waals surface area contributed by atoms with E-state index in [1.165, 1.54) is 0 Å². The zero-order valence-electron chi connectivity index (χ0n) is 16.4. The van der Waals surface area contributed by atoms with Crippen LogP contribution in [0.4, 0.5) is 5.69 Å². The molecule has 1 atom stereocenters. The highest BCUT2D eigenvalue weighted by Crippen LogP contribution is 2.29. The maximum absolute atomic E-state index is 12.6. The Kier molecular flexibility index (Phi) is 6.91. The van der Waals surface area contributed by atoms with E-state index in [9.17, 15) is 27.5 Å². The summed E-state index contributed by atoms with van der Waals surface area (Å²) in [5.74, 6) is -0.973. The summed E-state index contributed by atoms with van der Waals surface area (Å²) >= 11 is 0. The SMILES string of the molecule is Cc1ccc(C(C)C)c(OC(=O)C[S@@](=O)c2ccc(S(C)(=O)=O)cc2[N+](=O)[O-])c1. The minimum absolute atomic E-state index is 0.0912. The number of nitrogens with zero attached hydrogens (tertiary/aromatic N) is 1. The Hall–Kier alpha value is -2.59. The molecule has 8 nitrogen and oxygen atoms in total. The molecule has 0 aromatic heterocycles. The minimum atomic E-state index is -3.68. The van der Waals surface area contributed by atoms with Crippen molar-refractivity contribution in [2.24, 2.45) is 0 Å². The number of carbonyl (C=O) groups is 1. The van der Waals surface area contributed by atoms with Gasteiger partial charge in [0.15, 0.2) is 9.84 Å². The highest BCUT2D eigenvalue weighted by atomic mass is 32.2. The fraction of sp³-hybridized carbons (Fsp3) is 0.316. The zero-order valence-corrected chi connectivity index (χ0v) is 18.0. The van der Waals surface area contributed by atoms with Gasteiger partial charge < -0.3 is 4.74 Å². The summed E-state index contributed by atoms with van der Waals surface area (Å²) in [5, 5.41) is 11.3. The molecule has 0 saturated carbocycles. The summed E-state index contributed by atoms with van der Waals surface area (Å²) in [4.78, 5) is 22.3. The smallest absolute Gasteiger partial charge is 0.324 e. The zero-order chi connectivity index (χ0) is 21.9. The lowest BCUT2D eigenvalue weighted by atomic mass is 10.0. The molecule has 156 valence electrons. The monoisotopic (exact) mass is 439 g/mol. The van der Waals surface area contributed by atoms with E-state index in [1.807, 2.05) is 32.9 Å². The third kappa shape index (κ3) is 5.70. The molecule has 2 rings (SSSR count). The Morgan fingerprint density at radius 3 is 2.41 bits per heavy atom. The van der Waals surface area contributed by atoms with Gasteiger partial charge in [0.1, 0.15) is 16.4 Å². The summed E-state index contributed by atoms with van der Waals surface area (Å²) in [5.41, 5.74) is 1.06. The average molecular weight is 440 g/mol. The lowest BCUT2D eigenvalue weighted by Crippen LogP contribution is -2.18. The van der Waals surface area contributed by atoms with Crippen LogP contribution in [-0.2, 0) is 25.4 Å². The third-order valence-corrected chi connectivity index (χ3v) is 6.51. The van der Waals surface area contributed by atoms with Crippen LogP contribution >= 0.6 is 0 Å². The largest absolute Gasteiger partial charge is 0.426 e. The number of benzene rings is 2. The van der Waals surface area contributed by atoms with E-state index in [2.05, 4.69) is 0 Å². The van der Waals surface area contributed by atoms with Crippen molar-refractivity contribution in [3.63, 3.8) is 0 Å². The quantitative estimate of drug-likeness (QED) is 0.281. The highest BCUT2D eigenvalue weighted by Gasteiger charge is 2.25. The first kappa shape index (κ1) is 22.7. The molecule has 0 radical (unpaired) electrons. The summed E-state index contributed by atoms with van der Waals surface area (Å²) in [6.07, 6.45) is 0.911. The molecule has 0 heterocycles. The molecule has 0 aliphatic rings. The Bertz CT molecular complexity index is 1090. The predicted molar refractivity (Wildman–Crippen MR) is 108 cm³/mol. The first-order chi connectivity index (χ1) is 13.4. The van der Waals surface area contributed by atoms with Gasteiger partial charge in [-0.05, 0) is 42.2 Å². The van der Waals surface area contributed by atoms with Crippen molar-refractivity contribution in [2.45, 2.75) is 36.5 Å². The van der Waals surface area contributed by atoms with Gasteiger partial charge in [0, 0.05) is 12.3 Å². The molecule has 0 aliphatic carbocycles. The fourth-order valence-corrected chi connectivity index (χ4v) is 4.26. The number of sulfone groups is 1. The van der Waals surface area contributed by atoms with Crippen LogP contribution in [0.5, 0.6) is 5.75 Å². The first-order valence-electron chi connectivity index (χ1n) is 8.58. The van der Waals surface area contributed by atoms with Crippen LogP contribution in [0.1, 0.15) is 30.9 Å². The van der Waals surface area contributed by atoms with Gasteiger partial charge in [0.2, 0.25) is 0 Å². The van der Waals surface area contributed by atoms with Crippen molar-refractivity contribution in [3.8, 4) is 5.75 Å². The molecule has 0 saturated heterocycles. The van der Waals surface area contributed by atoms with Crippen molar-refractivity contribution < 1.29 is 27.1 Å². The lowest BCUT2D eigenvalue weighted by Gasteiger charge is -2.13. The molecule has 0 spiro atoms. The van der Waals surface area contributed by atoms with Crippen LogP contribution in [0, 0.1) is 17.0 Å². The minimum Gasteiger partial charge on any atom is -0.426 e. The van der Waals surface area contributed by atoms with Crippen LogP contribution in [0.3, 0.4) is 0 Å². The van der Waals surface area contributed by atoms with Gasteiger partial charge in [0.25, 0.3) is 5.69 Å². The van der Waals surface area contributed by atoms with Crippen LogP contribution in [0.15, 0.2) is 46.2 Å². The molecular formula is C19H21NO7S2. The van der Waals surface area contributed by atoms with Crippen molar-refractivity contribution in [1.82, 2.24) is 0 Å². The Morgan fingerprint density at radius 2 is 1.86 bits per heavy atom. The van der Waals surface area contributed by atoms with E-state index in [-0.39, 0.29) is 15.7 Å². The Morgan fingerprint density at radius 1 is 1.21 bits per heavy atom. The van der Waals surface area contributed by atoms with Gasteiger partial charge in [-0.2, -0.15) is 0 Å². The molecule has 2 aromatic carbocycles. The molecule has 10 heteroatoms. The number of nitro groups is 1. The maximum Gasteiger partial charge on any atom is 0.324 e. The summed E-state index contributed by atoms with van der Waals surface area (Å²) in [6.45, 7) is 5.71. The topological polar surface area (TPSA) is 121 Å². The second-order valence-corrected chi connectivity index (χ2v) is 10.3. The van der Waals surface area contributed by atoms with Crippen molar-refractivity contribution in [2.75, 3.05) is 12.0 Å². The number of carbonyl (C=O) groups excluding carboxylic acids is 1. The van der Waals surface area contributed by atoms with E-state index >= 15 is 0 Å². The molecule has 2 aromatic rings. The number of hydrogen-bond acceptors (Lipinski definition) is 7. The van der Waals surface area contributed by atoms with Gasteiger partial charge in [0.05, 0.1) is 20.6 Å². The van der Waals surface area contributed by atoms with E-state index < -0.39 is 43.0 Å². The fourth-order valence-electron chi connectivity index (χ4n) is 2.61. The summed E-state index contributed by atoms with van der Waals surface area (Å²) in [7, 11) is -5.77. The normalized spacial score (nSPS) is 12.6. The number of rotatable bonds is 7. The standard InChI is InChI=1S/C19H21NO7S2/c1-12(2)15-7-5-13(3)9-17(15)27-19(21)11-28(24)18-8-6-14(29(4,25)26)10-16(18)20(22)23/h5-10,12H,11H2,1-4H3/t28-/m1/s1. The first-order valence-corrected chi connectivity index (χ1v) is 11.8. The van der Waals surface area contributed by atoms with Crippen LogP contribution in [0.25, 0.3) is 0 Å². The van der Waals surface area contributed by atoms with E-state index in [4.69, 9.17) is 4.74 Å². The molecule has 0 bridgehead atoms. The molecule has 0 N–H and O–H groups in total. The summed E-state index contributed by atoms with van der Waals surface area (Å²) in [6, 6.07) is 8.47. The van der Waals surface area contributed by atoms with Gasteiger partial charge in [-0.25, -0.2) is 8.42 Å². The van der Waals surface area contributed by atoms with Crippen molar-refractivity contribution >= 4 is 32.3 Å². The van der Waals surface area contributed by atoms with Crippen molar-refractivity contribution in [3.05, 3.63) is 57.6 Å². The van der Waals surface area contributed by atoms with Crippen molar-refractivity contribution in [1.29, 1.82) is 0 Å².